The average molecular weight is 382 g/mol. The molecule has 0 aliphatic rings. The molecular formula is C18H23NO2S3. The van der Waals surface area contributed by atoms with Gasteiger partial charge in [-0.1, -0.05) is 12.1 Å². The van der Waals surface area contributed by atoms with E-state index in [9.17, 15) is 4.79 Å². The summed E-state index contributed by atoms with van der Waals surface area (Å²) < 4.78 is 6.49. The number of hydrogen-bond acceptors (Lipinski definition) is 5. The maximum Gasteiger partial charge on any atom is 0.407 e. The van der Waals surface area contributed by atoms with Gasteiger partial charge in [0.25, 0.3) is 0 Å². The number of thioether (sulfide) groups is 2. The Morgan fingerprint density at radius 1 is 1.17 bits per heavy atom. The van der Waals surface area contributed by atoms with Crippen LogP contribution in [0.25, 0.3) is 0 Å². The molecule has 0 saturated heterocycles. The first-order valence-corrected chi connectivity index (χ1v) is 10.7. The molecule has 0 fully saturated rings. The number of carbonyl (C=O) groups is 1. The van der Waals surface area contributed by atoms with Crippen LogP contribution in [0.4, 0.5) is 4.79 Å². The highest BCUT2D eigenvalue weighted by Crippen LogP contribution is 2.30. The van der Waals surface area contributed by atoms with Crippen molar-refractivity contribution in [2.45, 2.75) is 47.8 Å². The number of benzene rings is 1. The van der Waals surface area contributed by atoms with Gasteiger partial charge in [0.1, 0.15) is 5.60 Å². The van der Waals surface area contributed by atoms with E-state index in [0.717, 1.165) is 10.6 Å². The van der Waals surface area contributed by atoms with Crippen molar-refractivity contribution in [3.8, 4) is 0 Å². The number of carbonyl (C=O) groups excluding carboxylic acids is 1. The van der Waals surface area contributed by atoms with E-state index in [1.54, 1.807) is 23.1 Å². The highest BCUT2D eigenvalue weighted by atomic mass is 32.2. The molecule has 2 rings (SSSR count). The number of ether oxygens (including phenoxy) is 1. The van der Waals surface area contributed by atoms with Crippen LogP contribution in [0.1, 0.15) is 31.2 Å². The quantitative estimate of drug-likeness (QED) is 0.643. The molecule has 0 spiro atoms. The van der Waals surface area contributed by atoms with Gasteiger partial charge in [-0.25, -0.2) is 4.79 Å². The molecule has 6 heteroatoms. The van der Waals surface area contributed by atoms with Crippen LogP contribution in [0.2, 0.25) is 0 Å². The SMILES string of the molecule is CSc1ccc(CSc2ccc(CNC(=O)OC(C)(C)C)s2)cc1. The van der Waals surface area contributed by atoms with Crippen LogP contribution in [-0.2, 0) is 17.0 Å². The van der Waals surface area contributed by atoms with Gasteiger partial charge < -0.3 is 10.1 Å². The number of alkyl carbamates (subject to hydrolysis) is 1. The van der Waals surface area contributed by atoms with Crippen LogP contribution >= 0.6 is 34.9 Å². The Bertz CT molecular complexity index is 660. The zero-order valence-electron chi connectivity index (χ0n) is 14.4. The van der Waals surface area contributed by atoms with E-state index in [1.165, 1.54) is 14.7 Å². The lowest BCUT2D eigenvalue weighted by molar-refractivity contribution is 0.0524. The summed E-state index contributed by atoms with van der Waals surface area (Å²) >= 11 is 5.28. The molecule has 1 aromatic heterocycles. The molecule has 0 saturated carbocycles. The normalized spacial score (nSPS) is 11.3. The van der Waals surface area contributed by atoms with Crippen molar-refractivity contribution in [2.24, 2.45) is 0 Å². The second kappa shape index (κ2) is 8.83. The summed E-state index contributed by atoms with van der Waals surface area (Å²) in [6.45, 7) is 6.08. The molecule has 3 nitrogen and oxygen atoms in total. The van der Waals surface area contributed by atoms with E-state index in [1.807, 2.05) is 32.5 Å². The molecular weight excluding hydrogens is 358 g/mol. The van der Waals surface area contributed by atoms with Gasteiger partial charge in [-0.3, -0.25) is 0 Å². The number of hydrogen-bond donors (Lipinski definition) is 1. The predicted octanol–water partition coefficient (Wildman–Crippen LogP) is 5.79. The highest BCUT2D eigenvalue weighted by Gasteiger charge is 2.15. The number of amides is 1. The Kier molecular flexibility index (Phi) is 7.07. The minimum atomic E-state index is -0.466. The van der Waals surface area contributed by atoms with E-state index < -0.39 is 5.60 Å². The van der Waals surface area contributed by atoms with E-state index in [0.29, 0.717) is 6.54 Å². The fourth-order valence-electron chi connectivity index (χ4n) is 1.88. The van der Waals surface area contributed by atoms with Gasteiger partial charge in [0.15, 0.2) is 0 Å². The van der Waals surface area contributed by atoms with Gasteiger partial charge in [-0.15, -0.1) is 34.9 Å². The van der Waals surface area contributed by atoms with Crippen LogP contribution in [0.15, 0.2) is 45.5 Å². The first-order chi connectivity index (χ1) is 11.4. The zero-order chi connectivity index (χ0) is 17.6. The number of nitrogens with one attached hydrogen (secondary N) is 1. The Morgan fingerprint density at radius 2 is 1.88 bits per heavy atom. The maximum absolute atomic E-state index is 11.7. The van der Waals surface area contributed by atoms with Crippen molar-refractivity contribution in [3.63, 3.8) is 0 Å². The van der Waals surface area contributed by atoms with E-state index in [-0.39, 0.29) is 6.09 Å². The van der Waals surface area contributed by atoms with Crippen molar-refractivity contribution >= 4 is 41.0 Å². The molecule has 0 radical (unpaired) electrons. The summed E-state index contributed by atoms with van der Waals surface area (Å²) in [5.74, 6) is 0.952. The summed E-state index contributed by atoms with van der Waals surface area (Å²) in [7, 11) is 0. The molecule has 0 bridgehead atoms. The molecule has 0 atom stereocenters. The summed E-state index contributed by atoms with van der Waals surface area (Å²) in [4.78, 5) is 14.1. The predicted molar refractivity (Wildman–Crippen MR) is 105 cm³/mol. The summed E-state index contributed by atoms with van der Waals surface area (Å²) in [6.07, 6.45) is 1.71. The van der Waals surface area contributed by atoms with Crippen molar-refractivity contribution in [1.82, 2.24) is 5.32 Å². The fraction of sp³-hybridized carbons (Fsp3) is 0.389. The van der Waals surface area contributed by atoms with Crippen LogP contribution in [-0.4, -0.2) is 18.0 Å². The highest BCUT2D eigenvalue weighted by molar-refractivity contribution is 8.00. The first kappa shape index (κ1) is 19.2. The molecule has 0 aliphatic carbocycles. The number of thiophene rings is 1. The number of rotatable bonds is 6. The third-order valence-electron chi connectivity index (χ3n) is 2.98. The van der Waals surface area contributed by atoms with Crippen molar-refractivity contribution in [3.05, 3.63) is 46.8 Å². The molecule has 130 valence electrons. The average Bonchev–Trinajstić information content (AvgIpc) is 2.98. The van der Waals surface area contributed by atoms with Crippen LogP contribution in [0.3, 0.4) is 0 Å². The van der Waals surface area contributed by atoms with Crippen molar-refractivity contribution in [2.75, 3.05) is 6.26 Å². The van der Waals surface area contributed by atoms with E-state index in [4.69, 9.17) is 4.74 Å². The van der Waals surface area contributed by atoms with E-state index >= 15 is 0 Å². The van der Waals surface area contributed by atoms with Crippen LogP contribution in [0, 0.1) is 0 Å². The fourth-order valence-corrected chi connectivity index (χ4v) is 4.36. The van der Waals surface area contributed by atoms with Gasteiger partial charge in [0.2, 0.25) is 0 Å². The first-order valence-electron chi connectivity index (χ1n) is 7.67. The lowest BCUT2D eigenvalue weighted by atomic mass is 10.2. The molecule has 1 heterocycles. The summed E-state index contributed by atoms with van der Waals surface area (Å²) in [5, 5.41) is 2.79. The molecule has 0 aliphatic heterocycles. The van der Waals surface area contributed by atoms with Crippen LogP contribution < -0.4 is 5.32 Å². The minimum absolute atomic E-state index is 0.376. The molecule has 1 amide bonds. The molecule has 1 N–H and O–H groups in total. The van der Waals surface area contributed by atoms with Crippen molar-refractivity contribution < 1.29 is 9.53 Å². The van der Waals surface area contributed by atoms with E-state index in [2.05, 4.69) is 48.0 Å². The summed E-state index contributed by atoms with van der Waals surface area (Å²) in [5.41, 5.74) is 0.853. The Labute approximate surface area is 156 Å². The maximum atomic E-state index is 11.7. The summed E-state index contributed by atoms with van der Waals surface area (Å²) in [6, 6.07) is 12.8. The second-order valence-corrected chi connectivity index (χ2v) is 9.54. The minimum Gasteiger partial charge on any atom is -0.444 e. The topological polar surface area (TPSA) is 38.3 Å². The monoisotopic (exact) mass is 381 g/mol. The Balaban J connectivity index is 1.79. The third-order valence-corrected chi connectivity index (χ3v) is 6.11. The molecule has 0 unspecified atom stereocenters. The Hall–Kier alpha value is -1.11. The lowest BCUT2D eigenvalue weighted by Crippen LogP contribution is -2.31. The molecule has 2 aromatic rings. The van der Waals surface area contributed by atoms with Crippen molar-refractivity contribution in [1.29, 1.82) is 0 Å². The second-order valence-electron chi connectivity index (χ2n) is 6.21. The van der Waals surface area contributed by atoms with Crippen LogP contribution in [0.5, 0.6) is 0 Å². The lowest BCUT2D eigenvalue weighted by Gasteiger charge is -2.19. The third kappa shape index (κ3) is 6.79. The largest absolute Gasteiger partial charge is 0.444 e. The van der Waals surface area contributed by atoms with Gasteiger partial charge in [0.05, 0.1) is 10.8 Å². The van der Waals surface area contributed by atoms with Gasteiger partial charge in [-0.05, 0) is 56.9 Å². The van der Waals surface area contributed by atoms with Gasteiger partial charge in [-0.2, -0.15) is 0 Å². The molecule has 24 heavy (non-hydrogen) atoms. The molecule has 1 aromatic carbocycles. The van der Waals surface area contributed by atoms with Gasteiger partial charge >= 0.3 is 6.09 Å². The smallest absolute Gasteiger partial charge is 0.407 e. The van der Waals surface area contributed by atoms with Gasteiger partial charge in [0, 0.05) is 15.5 Å². The zero-order valence-corrected chi connectivity index (χ0v) is 16.9. The Morgan fingerprint density at radius 3 is 2.50 bits per heavy atom. The standard InChI is InChI=1S/C18H23NO2S3/c1-18(2,3)21-17(20)19-11-15-9-10-16(24-15)23-12-13-5-7-14(22-4)8-6-13/h5-10H,11-12H2,1-4H3,(H,19,20).